The van der Waals surface area contributed by atoms with Crippen LogP contribution in [0.5, 0.6) is 0 Å². The van der Waals surface area contributed by atoms with Gasteiger partial charge >= 0.3 is 11.9 Å². The summed E-state index contributed by atoms with van der Waals surface area (Å²) in [6.07, 6.45) is 4.25. The van der Waals surface area contributed by atoms with Gasteiger partial charge in [-0.25, -0.2) is 0 Å². The number of aliphatic carboxylic acids is 1. The maximum absolute atomic E-state index is 11.7. The van der Waals surface area contributed by atoms with Gasteiger partial charge in [0.25, 0.3) is 0 Å². The summed E-state index contributed by atoms with van der Waals surface area (Å²) >= 11 is 0. The number of carbonyl (C=O) groups is 3. The van der Waals surface area contributed by atoms with Crippen LogP contribution in [0.1, 0.15) is 33.1 Å². The quantitative estimate of drug-likeness (QED) is 0.386. The van der Waals surface area contributed by atoms with E-state index < -0.39 is 29.4 Å². The van der Waals surface area contributed by atoms with Gasteiger partial charge in [0.05, 0.1) is 19.4 Å². The number of carbonyl (C=O) groups excluding carboxylic acids is 2. The minimum Gasteiger partial charge on any atom is -0.481 e. The molecule has 130 valence electrons. The molecule has 0 aliphatic heterocycles. The number of ether oxygens (including phenoxy) is 1. The largest absolute Gasteiger partial charge is 0.481 e. The van der Waals surface area contributed by atoms with E-state index in [4.69, 9.17) is 9.84 Å². The third-order valence-electron chi connectivity index (χ3n) is 2.99. The number of carboxylic acid groups (broad SMARTS) is 1. The van der Waals surface area contributed by atoms with E-state index in [0.29, 0.717) is 6.42 Å². The number of hydrogen-bond donors (Lipinski definition) is 3. The molecule has 0 unspecified atom stereocenters. The van der Waals surface area contributed by atoms with E-state index in [0.717, 1.165) is 0 Å². The summed E-state index contributed by atoms with van der Waals surface area (Å²) in [6, 6.07) is 0. The van der Waals surface area contributed by atoms with Crippen LogP contribution in [-0.4, -0.2) is 47.3 Å². The van der Waals surface area contributed by atoms with Crippen molar-refractivity contribution in [3.05, 3.63) is 24.8 Å². The van der Waals surface area contributed by atoms with Crippen LogP contribution in [0.4, 0.5) is 0 Å². The molecule has 0 saturated heterocycles. The lowest BCUT2D eigenvalue weighted by molar-refractivity contribution is -0.152. The van der Waals surface area contributed by atoms with Gasteiger partial charge in [0.15, 0.2) is 0 Å². The normalized spacial score (nSPS) is 12.7. The van der Waals surface area contributed by atoms with Gasteiger partial charge in [0, 0.05) is 12.0 Å². The second kappa shape index (κ2) is 10.6. The molecule has 0 aromatic carbocycles. The predicted octanol–water partition coefficient (Wildman–Crippen LogP) is 1.03. The molecule has 3 N–H and O–H groups in total. The third-order valence-corrected chi connectivity index (χ3v) is 2.99. The van der Waals surface area contributed by atoms with E-state index in [1.807, 2.05) is 0 Å². The van der Waals surface area contributed by atoms with Crippen molar-refractivity contribution in [2.24, 2.45) is 5.41 Å². The summed E-state index contributed by atoms with van der Waals surface area (Å²) in [6.45, 7) is 6.50. The third kappa shape index (κ3) is 9.46. The van der Waals surface area contributed by atoms with Gasteiger partial charge in [-0.1, -0.05) is 32.1 Å². The molecule has 0 aliphatic rings. The van der Waals surface area contributed by atoms with Crippen LogP contribution >= 0.6 is 0 Å². The predicted molar refractivity (Wildman–Crippen MR) is 84.6 cm³/mol. The van der Waals surface area contributed by atoms with Gasteiger partial charge in [0.1, 0.15) is 6.10 Å². The van der Waals surface area contributed by atoms with Gasteiger partial charge in [-0.05, 0) is 6.42 Å². The Balaban J connectivity index is 4.27. The average Bonchev–Trinajstić information content (AvgIpc) is 2.48. The number of rotatable bonds is 11. The fraction of sp³-hybridized carbons (Fsp3) is 0.562. The van der Waals surface area contributed by atoms with Crippen LogP contribution in [0.25, 0.3) is 0 Å². The summed E-state index contributed by atoms with van der Waals surface area (Å²) < 4.78 is 5.05. The molecule has 0 saturated carbocycles. The molecule has 0 aromatic rings. The molecule has 0 rings (SSSR count). The standard InChI is InChI=1S/C16H25NO6/c1-4-5-6-7-8-13(20)23-11-16(2,3)14(21)15(22)17-10-9-12(18)19/h4,6-7,14,21H,1,5,8-11H2,2-3H3,(H,17,22)(H,18,19)/b7-6-/t14-/m0/s1. The fourth-order valence-electron chi connectivity index (χ4n) is 1.52. The van der Waals surface area contributed by atoms with Crippen molar-refractivity contribution in [2.75, 3.05) is 13.2 Å². The lowest BCUT2D eigenvalue weighted by Crippen LogP contribution is -2.46. The number of nitrogens with one attached hydrogen (secondary N) is 1. The number of amides is 1. The van der Waals surface area contributed by atoms with E-state index >= 15 is 0 Å². The first-order chi connectivity index (χ1) is 10.7. The van der Waals surface area contributed by atoms with Crippen molar-refractivity contribution in [3.8, 4) is 0 Å². The van der Waals surface area contributed by atoms with E-state index in [9.17, 15) is 19.5 Å². The molecule has 1 atom stereocenters. The van der Waals surface area contributed by atoms with E-state index in [1.54, 1.807) is 32.1 Å². The van der Waals surface area contributed by atoms with Crippen molar-refractivity contribution in [1.29, 1.82) is 0 Å². The zero-order valence-corrected chi connectivity index (χ0v) is 13.6. The lowest BCUT2D eigenvalue weighted by Gasteiger charge is -2.28. The van der Waals surface area contributed by atoms with Gasteiger partial charge in [-0.2, -0.15) is 0 Å². The minimum atomic E-state index is -1.42. The van der Waals surface area contributed by atoms with Crippen molar-refractivity contribution in [3.63, 3.8) is 0 Å². The second-order valence-corrected chi connectivity index (χ2v) is 5.69. The second-order valence-electron chi connectivity index (χ2n) is 5.69. The highest BCUT2D eigenvalue weighted by Gasteiger charge is 2.34. The Morgan fingerprint density at radius 1 is 1.30 bits per heavy atom. The molecule has 0 aliphatic carbocycles. The van der Waals surface area contributed by atoms with E-state index in [1.165, 1.54) is 0 Å². The van der Waals surface area contributed by atoms with Crippen LogP contribution in [0.15, 0.2) is 24.8 Å². The summed E-state index contributed by atoms with van der Waals surface area (Å²) in [5.74, 6) is -2.20. The smallest absolute Gasteiger partial charge is 0.309 e. The zero-order valence-electron chi connectivity index (χ0n) is 13.6. The van der Waals surface area contributed by atoms with Gasteiger partial charge < -0.3 is 20.3 Å². The maximum Gasteiger partial charge on any atom is 0.309 e. The Labute approximate surface area is 136 Å². The summed E-state index contributed by atoms with van der Waals surface area (Å²) in [7, 11) is 0. The Morgan fingerprint density at radius 2 is 1.96 bits per heavy atom. The number of allylic oxidation sites excluding steroid dienone is 2. The molecule has 0 spiro atoms. The first-order valence-corrected chi connectivity index (χ1v) is 7.29. The van der Waals surface area contributed by atoms with Crippen molar-refractivity contribution < 1.29 is 29.3 Å². The van der Waals surface area contributed by atoms with Gasteiger partial charge in [-0.3, -0.25) is 14.4 Å². The highest BCUT2D eigenvalue weighted by Crippen LogP contribution is 2.21. The van der Waals surface area contributed by atoms with Crippen molar-refractivity contribution in [1.82, 2.24) is 5.32 Å². The molecule has 23 heavy (non-hydrogen) atoms. The summed E-state index contributed by atoms with van der Waals surface area (Å²) in [5, 5.41) is 20.8. The van der Waals surface area contributed by atoms with Crippen LogP contribution in [0, 0.1) is 5.41 Å². The number of carboxylic acids is 1. The number of aliphatic hydroxyl groups excluding tert-OH is 1. The van der Waals surface area contributed by atoms with E-state index in [2.05, 4.69) is 11.9 Å². The molecular formula is C16H25NO6. The maximum atomic E-state index is 11.7. The monoisotopic (exact) mass is 327 g/mol. The molecular weight excluding hydrogens is 302 g/mol. The van der Waals surface area contributed by atoms with E-state index in [-0.39, 0.29) is 26.0 Å². The Bertz CT molecular complexity index is 455. The first kappa shape index (κ1) is 20.9. The lowest BCUT2D eigenvalue weighted by atomic mass is 9.87. The molecule has 7 heteroatoms. The number of hydrogen-bond acceptors (Lipinski definition) is 5. The molecule has 7 nitrogen and oxygen atoms in total. The average molecular weight is 327 g/mol. The Hall–Kier alpha value is -2.15. The molecule has 1 amide bonds. The molecule has 0 bridgehead atoms. The summed E-state index contributed by atoms with van der Waals surface area (Å²) in [5.41, 5.74) is -0.992. The van der Waals surface area contributed by atoms with Crippen LogP contribution in [0.3, 0.4) is 0 Å². The fourth-order valence-corrected chi connectivity index (χ4v) is 1.52. The molecule has 0 heterocycles. The van der Waals surface area contributed by atoms with Crippen molar-refractivity contribution in [2.45, 2.75) is 39.2 Å². The zero-order chi connectivity index (χ0) is 17.9. The van der Waals surface area contributed by atoms with Crippen LogP contribution < -0.4 is 5.32 Å². The number of aliphatic hydroxyl groups is 1. The molecule has 0 aromatic heterocycles. The highest BCUT2D eigenvalue weighted by molar-refractivity contribution is 5.82. The first-order valence-electron chi connectivity index (χ1n) is 7.29. The highest BCUT2D eigenvalue weighted by atomic mass is 16.5. The van der Waals surface area contributed by atoms with Gasteiger partial charge in [0.2, 0.25) is 5.91 Å². The number of esters is 1. The molecule has 0 radical (unpaired) electrons. The van der Waals surface area contributed by atoms with Gasteiger partial charge in [-0.15, -0.1) is 6.58 Å². The van der Waals surface area contributed by atoms with Crippen LogP contribution in [0.2, 0.25) is 0 Å². The topological polar surface area (TPSA) is 113 Å². The Morgan fingerprint density at radius 3 is 2.52 bits per heavy atom. The summed E-state index contributed by atoms with van der Waals surface area (Å²) in [4.78, 5) is 33.7. The van der Waals surface area contributed by atoms with Crippen LogP contribution in [-0.2, 0) is 19.1 Å². The molecule has 0 fully saturated rings. The minimum absolute atomic E-state index is 0.0742. The van der Waals surface area contributed by atoms with Crippen molar-refractivity contribution >= 4 is 17.8 Å². The SMILES string of the molecule is C=CC/C=C\CC(=O)OCC(C)(C)[C@@H](O)C(=O)NCCC(=O)O. The Kier molecular flexibility index (Phi) is 9.57.